The Hall–Kier alpha value is -2.21. The summed E-state index contributed by atoms with van der Waals surface area (Å²) in [4.78, 5) is 16.0. The zero-order chi connectivity index (χ0) is 15.1. The van der Waals surface area contributed by atoms with Crippen LogP contribution < -0.4 is 5.32 Å². The average molecular weight is 306 g/mol. The van der Waals surface area contributed by atoms with E-state index in [1.165, 1.54) is 6.08 Å². The van der Waals surface area contributed by atoms with Gasteiger partial charge in [-0.2, -0.15) is 8.78 Å². The number of rotatable bonds is 5. The third kappa shape index (κ3) is 5.35. The molecule has 0 aliphatic carbocycles. The van der Waals surface area contributed by atoms with Crippen molar-refractivity contribution in [1.82, 2.24) is 4.98 Å². The van der Waals surface area contributed by atoms with Crippen LogP contribution in [0.1, 0.15) is 5.56 Å². The van der Waals surface area contributed by atoms with Gasteiger partial charge in [-0.25, -0.2) is 0 Å². The molecule has 1 aromatic carbocycles. The standard InChI is InChI=1S/C15H12F2N2OS/c16-15(17)21-13-6-3-11(4-7-13)5-8-14(20)19-12-2-1-9-18-10-12/h1-10,15H,(H,19,20)/b8-5+. The van der Waals surface area contributed by atoms with Crippen LogP contribution in [0.15, 0.2) is 59.8 Å². The van der Waals surface area contributed by atoms with Crippen LogP contribution in [0.4, 0.5) is 14.5 Å². The number of hydrogen-bond acceptors (Lipinski definition) is 3. The second-order valence-electron chi connectivity index (χ2n) is 4.01. The maximum Gasteiger partial charge on any atom is 0.288 e. The van der Waals surface area contributed by atoms with E-state index in [2.05, 4.69) is 10.3 Å². The molecule has 1 heterocycles. The van der Waals surface area contributed by atoms with Crippen molar-refractivity contribution in [2.75, 3.05) is 5.32 Å². The minimum absolute atomic E-state index is 0.283. The largest absolute Gasteiger partial charge is 0.321 e. The molecule has 2 aromatic rings. The second kappa shape index (κ2) is 7.54. The predicted octanol–water partition coefficient (Wildman–Crippen LogP) is 4.05. The normalized spacial score (nSPS) is 11.0. The van der Waals surface area contributed by atoms with Crippen LogP contribution in [0.5, 0.6) is 0 Å². The van der Waals surface area contributed by atoms with Gasteiger partial charge in [0.15, 0.2) is 0 Å². The predicted molar refractivity (Wildman–Crippen MR) is 80.2 cm³/mol. The van der Waals surface area contributed by atoms with Gasteiger partial charge in [-0.15, -0.1) is 0 Å². The van der Waals surface area contributed by atoms with E-state index in [-0.39, 0.29) is 5.91 Å². The van der Waals surface area contributed by atoms with Crippen molar-refractivity contribution < 1.29 is 13.6 Å². The number of alkyl halides is 2. The first kappa shape index (κ1) is 15.2. The van der Waals surface area contributed by atoms with Crippen LogP contribution in [-0.4, -0.2) is 16.6 Å². The van der Waals surface area contributed by atoms with Crippen molar-refractivity contribution in [3.05, 3.63) is 60.4 Å². The van der Waals surface area contributed by atoms with Gasteiger partial charge in [0, 0.05) is 17.2 Å². The Balaban J connectivity index is 1.93. The summed E-state index contributed by atoms with van der Waals surface area (Å²) in [6, 6.07) is 10.00. The fraction of sp³-hybridized carbons (Fsp3) is 0.0667. The monoisotopic (exact) mass is 306 g/mol. The molecule has 0 aliphatic rings. The molecule has 108 valence electrons. The molecule has 0 bridgehead atoms. The van der Waals surface area contributed by atoms with Crippen molar-refractivity contribution in [2.45, 2.75) is 10.7 Å². The number of pyridine rings is 1. The van der Waals surface area contributed by atoms with E-state index in [0.29, 0.717) is 22.3 Å². The maximum atomic E-state index is 12.2. The minimum Gasteiger partial charge on any atom is -0.321 e. The molecule has 1 aromatic heterocycles. The summed E-state index contributed by atoms with van der Waals surface area (Å²) in [6.07, 6.45) is 6.15. The molecular formula is C15H12F2N2OS. The first-order valence-electron chi connectivity index (χ1n) is 6.07. The molecule has 0 saturated heterocycles. The molecule has 0 radical (unpaired) electrons. The highest BCUT2D eigenvalue weighted by molar-refractivity contribution is 7.99. The van der Waals surface area contributed by atoms with E-state index < -0.39 is 5.76 Å². The van der Waals surface area contributed by atoms with Crippen LogP contribution in [0.3, 0.4) is 0 Å². The third-order valence-electron chi connectivity index (χ3n) is 2.46. The number of nitrogens with one attached hydrogen (secondary N) is 1. The summed E-state index contributed by atoms with van der Waals surface area (Å²) in [5.74, 6) is -2.72. The highest BCUT2D eigenvalue weighted by Crippen LogP contribution is 2.25. The van der Waals surface area contributed by atoms with Crippen molar-refractivity contribution in [1.29, 1.82) is 0 Å². The molecule has 0 atom stereocenters. The number of thioether (sulfide) groups is 1. The number of benzene rings is 1. The van der Waals surface area contributed by atoms with Crippen molar-refractivity contribution in [3.63, 3.8) is 0 Å². The van der Waals surface area contributed by atoms with E-state index in [1.54, 1.807) is 54.9 Å². The minimum atomic E-state index is -2.43. The summed E-state index contributed by atoms with van der Waals surface area (Å²) in [6.45, 7) is 0. The molecule has 21 heavy (non-hydrogen) atoms. The molecule has 0 aliphatic heterocycles. The molecule has 2 rings (SSSR count). The van der Waals surface area contributed by atoms with Gasteiger partial charge in [-0.05, 0) is 35.9 Å². The van der Waals surface area contributed by atoms with Crippen molar-refractivity contribution in [2.24, 2.45) is 0 Å². The second-order valence-corrected chi connectivity index (χ2v) is 5.08. The molecule has 1 N–H and O–H groups in total. The van der Waals surface area contributed by atoms with Crippen LogP contribution >= 0.6 is 11.8 Å². The Morgan fingerprint density at radius 1 is 1.24 bits per heavy atom. The Bertz CT molecular complexity index is 615. The lowest BCUT2D eigenvalue weighted by molar-refractivity contribution is -0.111. The summed E-state index contributed by atoms with van der Waals surface area (Å²) in [5.41, 5.74) is 1.37. The fourth-order valence-corrected chi connectivity index (χ4v) is 2.05. The number of carbonyl (C=O) groups excluding carboxylic acids is 1. The molecule has 1 amide bonds. The molecule has 0 unspecified atom stereocenters. The maximum absolute atomic E-state index is 12.2. The SMILES string of the molecule is O=C(/C=C/c1ccc(SC(F)F)cc1)Nc1cccnc1. The number of aromatic nitrogens is 1. The van der Waals surface area contributed by atoms with Gasteiger partial charge in [-0.3, -0.25) is 9.78 Å². The van der Waals surface area contributed by atoms with Gasteiger partial charge in [0.25, 0.3) is 5.76 Å². The van der Waals surface area contributed by atoms with Gasteiger partial charge in [-0.1, -0.05) is 23.9 Å². The van der Waals surface area contributed by atoms with E-state index in [4.69, 9.17) is 0 Å². The molecule has 0 spiro atoms. The molecule has 0 fully saturated rings. The summed E-state index contributed by atoms with van der Waals surface area (Å²) in [7, 11) is 0. The Kier molecular flexibility index (Phi) is 5.45. The quantitative estimate of drug-likeness (QED) is 0.669. The van der Waals surface area contributed by atoms with E-state index in [0.717, 1.165) is 5.56 Å². The van der Waals surface area contributed by atoms with Crippen LogP contribution in [0.25, 0.3) is 6.08 Å². The smallest absolute Gasteiger partial charge is 0.288 e. The van der Waals surface area contributed by atoms with Gasteiger partial charge in [0.1, 0.15) is 0 Å². The van der Waals surface area contributed by atoms with Crippen LogP contribution in [0.2, 0.25) is 0 Å². The first-order valence-corrected chi connectivity index (χ1v) is 6.95. The Labute approximate surface area is 125 Å². The van der Waals surface area contributed by atoms with Crippen molar-refractivity contribution >= 4 is 29.4 Å². The topological polar surface area (TPSA) is 42.0 Å². The van der Waals surface area contributed by atoms with E-state index in [1.807, 2.05) is 0 Å². The number of halogens is 2. The number of amides is 1. The summed E-state index contributed by atoms with van der Waals surface area (Å²) < 4.78 is 24.3. The zero-order valence-electron chi connectivity index (χ0n) is 10.9. The lowest BCUT2D eigenvalue weighted by Gasteiger charge is -2.01. The Morgan fingerprint density at radius 3 is 2.62 bits per heavy atom. The lowest BCUT2D eigenvalue weighted by atomic mass is 10.2. The van der Waals surface area contributed by atoms with Crippen LogP contribution in [-0.2, 0) is 4.79 Å². The van der Waals surface area contributed by atoms with E-state index >= 15 is 0 Å². The highest BCUT2D eigenvalue weighted by Gasteiger charge is 2.04. The van der Waals surface area contributed by atoms with Crippen LogP contribution in [0, 0.1) is 0 Å². The highest BCUT2D eigenvalue weighted by atomic mass is 32.2. The molecule has 0 saturated carbocycles. The number of anilines is 1. The molecule has 3 nitrogen and oxygen atoms in total. The zero-order valence-corrected chi connectivity index (χ0v) is 11.7. The fourth-order valence-electron chi connectivity index (χ4n) is 1.55. The average Bonchev–Trinajstić information content (AvgIpc) is 2.47. The van der Waals surface area contributed by atoms with Gasteiger partial charge in [0.2, 0.25) is 5.91 Å². The first-order chi connectivity index (χ1) is 10.1. The number of hydrogen-bond donors (Lipinski definition) is 1. The molecule has 6 heteroatoms. The Morgan fingerprint density at radius 2 is 2.00 bits per heavy atom. The number of carbonyl (C=O) groups is 1. The lowest BCUT2D eigenvalue weighted by Crippen LogP contribution is -2.07. The number of nitrogens with zero attached hydrogens (tertiary/aromatic N) is 1. The van der Waals surface area contributed by atoms with Gasteiger partial charge in [0.05, 0.1) is 11.9 Å². The molecular weight excluding hydrogens is 294 g/mol. The van der Waals surface area contributed by atoms with Gasteiger partial charge >= 0.3 is 0 Å². The van der Waals surface area contributed by atoms with E-state index in [9.17, 15) is 13.6 Å². The van der Waals surface area contributed by atoms with Crippen molar-refractivity contribution in [3.8, 4) is 0 Å². The summed E-state index contributed by atoms with van der Waals surface area (Å²) in [5, 5.41) is 2.66. The third-order valence-corrected chi connectivity index (χ3v) is 3.18. The summed E-state index contributed by atoms with van der Waals surface area (Å²) >= 11 is 0.490. The van der Waals surface area contributed by atoms with Gasteiger partial charge < -0.3 is 5.32 Å².